The van der Waals surface area contributed by atoms with Crippen LogP contribution in [0.4, 0.5) is 19.0 Å². The Kier molecular flexibility index (Phi) is 3.74. The Morgan fingerprint density at radius 1 is 1.38 bits per heavy atom. The van der Waals surface area contributed by atoms with Crippen LogP contribution in [0.25, 0.3) is 11.0 Å². The number of nitrogens with one attached hydrogen (secondary N) is 1. The van der Waals surface area contributed by atoms with E-state index in [0.717, 1.165) is 10.7 Å². The number of aromatic nitrogens is 4. The minimum absolute atomic E-state index is 0.0357. The van der Waals surface area contributed by atoms with Crippen LogP contribution in [0.3, 0.4) is 0 Å². The Morgan fingerprint density at radius 2 is 2.12 bits per heavy atom. The summed E-state index contributed by atoms with van der Waals surface area (Å²) < 4.78 is 45.0. The molecule has 0 bridgehead atoms. The summed E-state index contributed by atoms with van der Waals surface area (Å²) in [6, 6.07) is 2.64. The molecule has 0 fully saturated rings. The Morgan fingerprint density at radius 3 is 2.75 bits per heavy atom. The highest BCUT2D eigenvalue weighted by atomic mass is 19.4. The summed E-state index contributed by atoms with van der Waals surface area (Å²) in [4.78, 5) is 16.1. The topological polar surface area (TPSA) is 85.8 Å². The van der Waals surface area contributed by atoms with E-state index in [1.807, 2.05) is 6.92 Å². The highest BCUT2D eigenvalue weighted by Crippen LogP contribution is 2.33. The van der Waals surface area contributed by atoms with Gasteiger partial charge in [-0.1, -0.05) is 12.1 Å². The van der Waals surface area contributed by atoms with Crippen LogP contribution < -0.4 is 5.32 Å². The molecule has 3 aromatic heterocycles. The summed E-state index contributed by atoms with van der Waals surface area (Å²) in [5.41, 5.74) is -1.09. The maximum Gasteiger partial charge on any atom is 0.435 e. The van der Waals surface area contributed by atoms with Crippen molar-refractivity contribution in [3.63, 3.8) is 0 Å². The maximum atomic E-state index is 13.0. The molecule has 1 N–H and O–H groups in total. The van der Waals surface area contributed by atoms with Gasteiger partial charge in [0, 0.05) is 25.7 Å². The first kappa shape index (κ1) is 16.0. The predicted octanol–water partition coefficient (Wildman–Crippen LogP) is 2.79. The van der Waals surface area contributed by atoms with Crippen LogP contribution in [0, 0.1) is 0 Å². The van der Waals surface area contributed by atoms with Gasteiger partial charge in [-0.05, 0) is 6.07 Å². The molecule has 0 aliphatic rings. The van der Waals surface area contributed by atoms with E-state index >= 15 is 0 Å². The summed E-state index contributed by atoms with van der Waals surface area (Å²) in [7, 11) is 1.35. The zero-order chi connectivity index (χ0) is 17.5. The number of amides is 1. The van der Waals surface area contributed by atoms with Crippen molar-refractivity contribution in [2.24, 2.45) is 7.05 Å². The molecule has 24 heavy (non-hydrogen) atoms. The second kappa shape index (κ2) is 5.62. The Balaban J connectivity index is 1.96. The van der Waals surface area contributed by atoms with Gasteiger partial charge in [-0.3, -0.25) is 4.79 Å². The third-order valence-corrected chi connectivity index (χ3v) is 3.36. The fourth-order valence-corrected chi connectivity index (χ4v) is 2.20. The van der Waals surface area contributed by atoms with Gasteiger partial charge in [-0.25, -0.2) is 9.67 Å². The number of alkyl halides is 3. The number of carbonyl (C=O) groups is 1. The van der Waals surface area contributed by atoms with Gasteiger partial charge in [0.25, 0.3) is 5.91 Å². The van der Waals surface area contributed by atoms with Gasteiger partial charge in [0.1, 0.15) is 5.76 Å². The van der Waals surface area contributed by atoms with Crippen LogP contribution in [0.2, 0.25) is 0 Å². The molecule has 0 atom stereocenters. The second-order valence-electron chi connectivity index (χ2n) is 5.05. The molecule has 3 heterocycles. The Labute approximate surface area is 133 Å². The molecule has 0 unspecified atom stereocenters. The van der Waals surface area contributed by atoms with E-state index in [4.69, 9.17) is 4.52 Å². The molecule has 3 rings (SSSR count). The smallest absolute Gasteiger partial charge is 0.359 e. The van der Waals surface area contributed by atoms with Gasteiger partial charge in [0.15, 0.2) is 17.2 Å². The zero-order valence-corrected chi connectivity index (χ0v) is 12.7. The van der Waals surface area contributed by atoms with Crippen LogP contribution in [0.1, 0.15) is 28.7 Å². The Hall–Kier alpha value is -2.91. The Bertz CT molecular complexity index is 913. The summed E-state index contributed by atoms with van der Waals surface area (Å²) in [5, 5.41) is 9.29. The van der Waals surface area contributed by atoms with Crippen molar-refractivity contribution in [1.82, 2.24) is 19.9 Å². The van der Waals surface area contributed by atoms with Crippen molar-refractivity contribution in [3.8, 4) is 0 Å². The van der Waals surface area contributed by atoms with Gasteiger partial charge in [0.05, 0.1) is 10.9 Å². The van der Waals surface area contributed by atoms with Gasteiger partial charge in [0.2, 0.25) is 0 Å². The van der Waals surface area contributed by atoms with E-state index < -0.39 is 17.8 Å². The van der Waals surface area contributed by atoms with Crippen LogP contribution in [-0.4, -0.2) is 25.8 Å². The number of rotatable bonds is 3. The molecule has 0 aromatic carbocycles. The molecule has 1 amide bonds. The SMILES string of the molecule is CCc1cc(NC(=O)c2cnc3c(c2)c(C(F)(F)F)nn3C)no1. The fourth-order valence-electron chi connectivity index (χ4n) is 2.20. The summed E-state index contributed by atoms with van der Waals surface area (Å²) in [6.45, 7) is 1.85. The number of pyridine rings is 1. The van der Waals surface area contributed by atoms with Gasteiger partial charge >= 0.3 is 6.18 Å². The molecule has 0 aliphatic heterocycles. The van der Waals surface area contributed by atoms with Crippen molar-refractivity contribution < 1.29 is 22.5 Å². The first-order chi connectivity index (χ1) is 11.3. The number of hydrogen-bond donors (Lipinski definition) is 1. The molecule has 0 spiro atoms. The summed E-state index contributed by atoms with van der Waals surface area (Å²) in [6.07, 6.45) is -2.86. The van der Waals surface area contributed by atoms with Crippen LogP contribution in [0.15, 0.2) is 22.9 Å². The molecular weight excluding hydrogens is 327 g/mol. The highest BCUT2D eigenvalue weighted by Gasteiger charge is 2.37. The fraction of sp³-hybridized carbons (Fsp3) is 0.286. The van der Waals surface area contributed by atoms with Crippen molar-refractivity contribution >= 4 is 22.8 Å². The van der Waals surface area contributed by atoms with Gasteiger partial charge in [-0.2, -0.15) is 18.3 Å². The number of fused-ring (bicyclic) bond motifs is 1. The molecule has 126 valence electrons. The number of anilines is 1. The minimum atomic E-state index is -4.64. The molecular formula is C14H12F3N5O2. The highest BCUT2D eigenvalue weighted by molar-refractivity contribution is 6.05. The van der Waals surface area contributed by atoms with E-state index in [-0.39, 0.29) is 22.4 Å². The van der Waals surface area contributed by atoms with E-state index in [2.05, 4.69) is 20.6 Å². The molecule has 0 radical (unpaired) electrons. The lowest BCUT2D eigenvalue weighted by atomic mass is 10.2. The maximum absolute atomic E-state index is 13.0. The molecule has 10 heteroatoms. The largest absolute Gasteiger partial charge is 0.435 e. The van der Waals surface area contributed by atoms with Crippen molar-refractivity contribution in [2.45, 2.75) is 19.5 Å². The average molecular weight is 339 g/mol. The van der Waals surface area contributed by atoms with Crippen molar-refractivity contribution in [2.75, 3.05) is 5.32 Å². The van der Waals surface area contributed by atoms with Crippen LogP contribution in [0.5, 0.6) is 0 Å². The monoisotopic (exact) mass is 339 g/mol. The second-order valence-corrected chi connectivity index (χ2v) is 5.05. The number of halogens is 3. The van der Waals surface area contributed by atoms with Gasteiger partial charge < -0.3 is 9.84 Å². The molecule has 3 aromatic rings. The number of nitrogens with zero attached hydrogens (tertiary/aromatic N) is 4. The number of hydrogen-bond acceptors (Lipinski definition) is 5. The summed E-state index contributed by atoms with van der Waals surface area (Å²) >= 11 is 0. The first-order valence-corrected chi connectivity index (χ1v) is 6.96. The quantitative estimate of drug-likeness (QED) is 0.793. The molecule has 0 aliphatic carbocycles. The van der Waals surface area contributed by atoms with E-state index in [1.165, 1.54) is 19.3 Å². The normalized spacial score (nSPS) is 11.9. The lowest BCUT2D eigenvalue weighted by molar-refractivity contribution is -0.140. The van der Waals surface area contributed by atoms with E-state index in [0.29, 0.717) is 12.2 Å². The number of aryl methyl sites for hydroxylation is 2. The average Bonchev–Trinajstić information content (AvgIpc) is 3.11. The molecule has 7 nitrogen and oxygen atoms in total. The standard InChI is InChI=1S/C14H12F3N5O2/c1-3-8-5-10(21-24-8)19-13(23)7-4-9-11(14(15,16)17)20-22(2)12(9)18-6-7/h4-6H,3H2,1-2H3,(H,19,21,23). The number of carbonyl (C=O) groups excluding carboxylic acids is 1. The van der Waals surface area contributed by atoms with Crippen LogP contribution in [-0.2, 0) is 19.6 Å². The van der Waals surface area contributed by atoms with E-state index in [1.54, 1.807) is 0 Å². The summed E-state index contributed by atoms with van der Waals surface area (Å²) in [5.74, 6) is 0.113. The van der Waals surface area contributed by atoms with Crippen molar-refractivity contribution in [3.05, 3.63) is 35.3 Å². The lowest BCUT2D eigenvalue weighted by Gasteiger charge is -2.04. The minimum Gasteiger partial charge on any atom is -0.359 e. The molecule has 0 saturated carbocycles. The third-order valence-electron chi connectivity index (χ3n) is 3.36. The predicted molar refractivity (Wildman–Crippen MR) is 77.3 cm³/mol. The lowest BCUT2D eigenvalue weighted by Crippen LogP contribution is -2.13. The third kappa shape index (κ3) is 2.82. The zero-order valence-electron chi connectivity index (χ0n) is 12.7. The van der Waals surface area contributed by atoms with Gasteiger partial charge in [-0.15, -0.1) is 0 Å². The molecule has 0 saturated heterocycles. The van der Waals surface area contributed by atoms with E-state index in [9.17, 15) is 18.0 Å². The van der Waals surface area contributed by atoms with Crippen molar-refractivity contribution in [1.29, 1.82) is 0 Å². The first-order valence-electron chi connectivity index (χ1n) is 6.96. The van der Waals surface area contributed by atoms with Crippen LogP contribution >= 0.6 is 0 Å².